The van der Waals surface area contributed by atoms with Crippen LogP contribution in [0.1, 0.15) is 5.56 Å². The molecule has 0 heterocycles. The van der Waals surface area contributed by atoms with Crippen molar-refractivity contribution in [3.63, 3.8) is 0 Å². The average Bonchev–Trinajstić information content (AvgIpc) is 2.08. The van der Waals surface area contributed by atoms with Crippen molar-refractivity contribution in [2.24, 2.45) is 5.73 Å². The second-order valence-corrected chi connectivity index (χ2v) is 2.52. The molecule has 0 spiro atoms. The van der Waals surface area contributed by atoms with Crippen LogP contribution in [-0.4, -0.2) is 13.2 Å². The minimum absolute atomic E-state index is 0. The summed E-state index contributed by atoms with van der Waals surface area (Å²) in [7, 11) is 0. The van der Waals surface area contributed by atoms with Crippen LogP contribution in [-0.2, 0) is 6.42 Å². The third-order valence-corrected chi connectivity index (χ3v) is 1.60. The predicted octanol–water partition coefficient (Wildman–Crippen LogP) is 2.21. The third kappa shape index (κ3) is 3.89. The lowest BCUT2D eigenvalue weighted by atomic mass is 10.1. The molecular formula is C9H12ClF2NO. The Labute approximate surface area is 87.5 Å². The SMILES string of the molecule is Cl.NCCc1ccccc1OC(F)F. The van der Waals surface area contributed by atoms with Crippen LogP contribution in [0, 0.1) is 0 Å². The second-order valence-electron chi connectivity index (χ2n) is 2.52. The van der Waals surface area contributed by atoms with Crippen molar-refractivity contribution in [1.29, 1.82) is 0 Å². The summed E-state index contributed by atoms with van der Waals surface area (Å²) in [5.41, 5.74) is 6.03. The van der Waals surface area contributed by atoms with E-state index in [4.69, 9.17) is 5.73 Å². The molecule has 0 amide bonds. The van der Waals surface area contributed by atoms with E-state index in [9.17, 15) is 8.78 Å². The van der Waals surface area contributed by atoms with Gasteiger partial charge in [0.2, 0.25) is 0 Å². The molecule has 0 aliphatic carbocycles. The summed E-state index contributed by atoms with van der Waals surface area (Å²) in [6, 6.07) is 6.66. The molecule has 2 nitrogen and oxygen atoms in total. The first-order chi connectivity index (χ1) is 6.24. The Hall–Kier alpha value is -0.870. The van der Waals surface area contributed by atoms with Crippen molar-refractivity contribution in [2.75, 3.05) is 6.54 Å². The summed E-state index contributed by atoms with van der Waals surface area (Å²) in [6.45, 7) is -2.36. The highest BCUT2D eigenvalue weighted by atomic mass is 35.5. The maximum absolute atomic E-state index is 11.9. The zero-order valence-electron chi connectivity index (χ0n) is 7.45. The van der Waals surface area contributed by atoms with Gasteiger partial charge < -0.3 is 10.5 Å². The van der Waals surface area contributed by atoms with Gasteiger partial charge in [-0.05, 0) is 24.6 Å². The fraction of sp³-hybridized carbons (Fsp3) is 0.333. The zero-order chi connectivity index (χ0) is 9.68. The monoisotopic (exact) mass is 223 g/mol. The van der Waals surface area contributed by atoms with E-state index in [0.717, 1.165) is 0 Å². The molecule has 0 atom stereocenters. The maximum atomic E-state index is 11.9. The van der Waals surface area contributed by atoms with Gasteiger partial charge in [-0.3, -0.25) is 0 Å². The Bertz CT molecular complexity index is 271. The Kier molecular flexibility index (Phi) is 6.16. The Morgan fingerprint density at radius 1 is 1.29 bits per heavy atom. The Morgan fingerprint density at radius 2 is 1.93 bits per heavy atom. The number of alkyl halides is 2. The lowest BCUT2D eigenvalue weighted by molar-refractivity contribution is -0.0504. The summed E-state index contributed by atoms with van der Waals surface area (Å²) in [6.07, 6.45) is 0.545. The number of hydrogen-bond donors (Lipinski definition) is 1. The average molecular weight is 224 g/mol. The van der Waals surface area contributed by atoms with Crippen LogP contribution in [0.25, 0.3) is 0 Å². The number of hydrogen-bond acceptors (Lipinski definition) is 2. The third-order valence-electron chi connectivity index (χ3n) is 1.60. The number of benzene rings is 1. The highest BCUT2D eigenvalue weighted by Crippen LogP contribution is 2.19. The first kappa shape index (κ1) is 13.1. The van der Waals surface area contributed by atoms with Gasteiger partial charge in [0.25, 0.3) is 0 Å². The van der Waals surface area contributed by atoms with Gasteiger partial charge >= 0.3 is 6.61 Å². The molecule has 80 valence electrons. The number of nitrogens with two attached hydrogens (primary N) is 1. The summed E-state index contributed by atoms with van der Waals surface area (Å²) < 4.78 is 28.1. The van der Waals surface area contributed by atoms with Crippen LogP contribution in [0.4, 0.5) is 8.78 Å². The van der Waals surface area contributed by atoms with E-state index in [0.29, 0.717) is 18.5 Å². The number of halogens is 3. The fourth-order valence-corrected chi connectivity index (χ4v) is 1.08. The summed E-state index contributed by atoms with van der Waals surface area (Å²) in [4.78, 5) is 0. The summed E-state index contributed by atoms with van der Waals surface area (Å²) in [5.74, 6) is 0.211. The lowest BCUT2D eigenvalue weighted by Gasteiger charge is -2.08. The maximum Gasteiger partial charge on any atom is 0.387 e. The van der Waals surface area contributed by atoms with Crippen molar-refractivity contribution in [3.8, 4) is 5.75 Å². The molecule has 2 N–H and O–H groups in total. The Balaban J connectivity index is 0.00000169. The highest BCUT2D eigenvalue weighted by molar-refractivity contribution is 5.85. The molecule has 0 radical (unpaired) electrons. The van der Waals surface area contributed by atoms with E-state index >= 15 is 0 Å². The van der Waals surface area contributed by atoms with E-state index in [2.05, 4.69) is 4.74 Å². The largest absolute Gasteiger partial charge is 0.435 e. The van der Waals surface area contributed by atoms with E-state index in [1.807, 2.05) is 0 Å². The fourth-order valence-electron chi connectivity index (χ4n) is 1.08. The van der Waals surface area contributed by atoms with Crippen molar-refractivity contribution in [3.05, 3.63) is 29.8 Å². The quantitative estimate of drug-likeness (QED) is 0.850. The van der Waals surface area contributed by atoms with Crippen LogP contribution in [0.3, 0.4) is 0 Å². The molecule has 1 aromatic carbocycles. The van der Waals surface area contributed by atoms with Crippen LogP contribution in [0.5, 0.6) is 5.75 Å². The number of ether oxygens (including phenoxy) is 1. The lowest BCUT2D eigenvalue weighted by Crippen LogP contribution is -2.08. The summed E-state index contributed by atoms with van der Waals surface area (Å²) >= 11 is 0. The van der Waals surface area contributed by atoms with Crippen LogP contribution in [0.2, 0.25) is 0 Å². The molecular weight excluding hydrogens is 212 g/mol. The number of para-hydroxylation sites is 1. The van der Waals surface area contributed by atoms with E-state index in [1.165, 1.54) is 6.07 Å². The van der Waals surface area contributed by atoms with Gasteiger partial charge in [0, 0.05) is 0 Å². The van der Waals surface area contributed by atoms with Gasteiger partial charge in [0.1, 0.15) is 5.75 Å². The summed E-state index contributed by atoms with van der Waals surface area (Å²) in [5, 5.41) is 0. The van der Waals surface area contributed by atoms with Crippen molar-refractivity contribution >= 4 is 12.4 Å². The smallest absolute Gasteiger partial charge is 0.387 e. The van der Waals surface area contributed by atoms with Crippen LogP contribution in [0.15, 0.2) is 24.3 Å². The van der Waals surface area contributed by atoms with Gasteiger partial charge in [0.05, 0.1) is 0 Å². The van der Waals surface area contributed by atoms with Crippen LogP contribution >= 0.6 is 12.4 Å². The van der Waals surface area contributed by atoms with Gasteiger partial charge in [-0.15, -0.1) is 12.4 Å². The molecule has 0 bridgehead atoms. The molecule has 0 saturated heterocycles. The van der Waals surface area contributed by atoms with Crippen molar-refractivity contribution in [2.45, 2.75) is 13.0 Å². The molecule has 5 heteroatoms. The van der Waals surface area contributed by atoms with Gasteiger partial charge in [-0.2, -0.15) is 8.78 Å². The van der Waals surface area contributed by atoms with Crippen molar-refractivity contribution in [1.82, 2.24) is 0 Å². The molecule has 0 aromatic heterocycles. The molecule has 1 rings (SSSR count). The molecule has 0 fully saturated rings. The highest BCUT2D eigenvalue weighted by Gasteiger charge is 2.07. The first-order valence-corrected chi connectivity index (χ1v) is 3.97. The molecule has 0 unspecified atom stereocenters. The number of rotatable bonds is 4. The minimum atomic E-state index is -2.78. The first-order valence-electron chi connectivity index (χ1n) is 3.97. The van der Waals surface area contributed by atoms with E-state index in [1.54, 1.807) is 18.2 Å². The van der Waals surface area contributed by atoms with Gasteiger partial charge in [-0.25, -0.2) is 0 Å². The van der Waals surface area contributed by atoms with Gasteiger partial charge in [-0.1, -0.05) is 18.2 Å². The standard InChI is InChI=1S/C9H11F2NO.ClH/c10-9(11)13-8-4-2-1-3-7(8)5-6-12;/h1-4,9H,5-6,12H2;1H. The normalized spacial score (nSPS) is 9.71. The molecule has 0 aliphatic heterocycles. The molecule has 14 heavy (non-hydrogen) atoms. The topological polar surface area (TPSA) is 35.2 Å². The van der Waals surface area contributed by atoms with E-state index < -0.39 is 6.61 Å². The molecule has 0 aliphatic rings. The van der Waals surface area contributed by atoms with E-state index in [-0.39, 0.29) is 18.2 Å². The van der Waals surface area contributed by atoms with Crippen LogP contribution < -0.4 is 10.5 Å². The molecule has 1 aromatic rings. The minimum Gasteiger partial charge on any atom is -0.435 e. The van der Waals surface area contributed by atoms with Crippen molar-refractivity contribution < 1.29 is 13.5 Å². The Morgan fingerprint density at radius 3 is 2.50 bits per heavy atom. The second kappa shape index (κ2) is 6.56. The zero-order valence-corrected chi connectivity index (χ0v) is 8.27. The van der Waals surface area contributed by atoms with Gasteiger partial charge in [0.15, 0.2) is 0 Å². The predicted molar refractivity (Wildman–Crippen MR) is 53.1 cm³/mol. The molecule has 0 saturated carbocycles.